The number of nitriles is 1. The van der Waals surface area contributed by atoms with Crippen LogP contribution >= 0.6 is 0 Å². The van der Waals surface area contributed by atoms with E-state index in [4.69, 9.17) is 14.7 Å². The van der Waals surface area contributed by atoms with E-state index in [-0.39, 0.29) is 24.0 Å². The number of benzene rings is 3. The molecular weight excluding hydrogens is 470 g/mol. The van der Waals surface area contributed by atoms with Crippen LogP contribution in [0.25, 0.3) is 0 Å². The number of carbonyl (C=O) groups excluding carboxylic acids is 2. The van der Waals surface area contributed by atoms with Crippen molar-refractivity contribution in [1.82, 2.24) is 0 Å². The second-order valence-corrected chi connectivity index (χ2v) is 9.40. The Morgan fingerprint density at radius 1 is 0.971 bits per heavy atom. The van der Waals surface area contributed by atoms with Crippen LogP contribution in [0.4, 0.5) is 11.4 Å². The third-order valence-corrected chi connectivity index (χ3v) is 6.67. The van der Waals surface area contributed by atoms with Crippen LogP contribution in [0, 0.1) is 11.3 Å². The summed E-state index contributed by atoms with van der Waals surface area (Å²) in [7, 11) is -2.40. The SMILES string of the molecule is CC(=O)Nc1ccc(S(=O)(=O)N(C)c2ccc(OCC(=O)OCc3ccc(C#N)cc3)cc2)cc1. The van der Waals surface area contributed by atoms with Crippen LogP contribution in [0.15, 0.2) is 77.7 Å². The van der Waals surface area contributed by atoms with Gasteiger partial charge in [-0.1, -0.05) is 12.1 Å². The third-order valence-electron chi connectivity index (χ3n) is 4.87. The Labute approximate surface area is 203 Å². The molecule has 0 aliphatic carbocycles. The van der Waals surface area contributed by atoms with Gasteiger partial charge in [-0.3, -0.25) is 9.10 Å². The smallest absolute Gasteiger partial charge is 0.344 e. The van der Waals surface area contributed by atoms with Crippen LogP contribution in [-0.4, -0.2) is 33.9 Å². The highest BCUT2D eigenvalue weighted by Crippen LogP contribution is 2.25. The van der Waals surface area contributed by atoms with Crippen molar-refractivity contribution in [3.63, 3.8) is 0 Å². The monoisotopic (exact) mass is 493 g/mol. The number of hydrogen-bond acceptors (Lipinski definition) is 7. The standard InChI is InChI=1S/C25H23N3O6S/c1-18(29)27-21-7-13-24(14-8-21)35(31,32)28(2)22-9-11-23(12-10-22)33-17-25(30)34-16-20-5-3-19(15-26)4-6-20/h3-14H,16-17H2,1-2H3,(H,27,29). The van der Waals surface area contributed by atoms with Gasteiger partial charge in [0.25, 0.3) is 10.0 Å². The molecule has 0 saturated heterocycles. The fraction of sp³-hybridized carbons (Fsp3) is 0.160. The zero-order chi connectivity index (χ0) is 25.4. The van der Waals surface area contributed by atoms with E-state index in [9.17, 15) is 18.0 Å². The molecule has 0 aliphatic rings. The summed E-state index contributed by atoms with van der Waals surface area (Å²) in [4.78, 5) is 23.1. The topological polar surface area (TPSA) is 126 Å². The van der Waals surface area contributed by atoms with Gasteiger partial charge >= 0.3 is 5.97 Å². The van der Waals surface area contributed by atoms with E-state index in [1.165, 1.54) is 38.2 Å². The lowest BCUT2D eigenvalue weighted by Crippen LogP contribution is -2.26. The van der Waals surface area contributed by atoms with Gasteiger partial charge in [-0.25, -0.2) is 13.2 Å². The van der Waals surface area contributed by atoms with E-state index in [1.807, 2.05) is 6.07 Å². The molecule has 3 aromatic rings. The minimum absolute atomic E-state index is 0.0568. The van der Waals surface area contributed by atoms with E-state index >= 15 is 0 Å². The van der Waals surface area contributed by atoms with E-state index in [2.05, 4.69) is 5.32 Å². The van der Waals surface area contributed by atoms with E-state index in [0.717, 1.165) is 9.87 Å². The number of hydrogen-bond donors (Lipinski definition) is 1. The highest BCUT2D eigenvalue weighted by Gasteiger charge is 2.21. The van der Waals surface area contributed by atoms with Crippen LogP contribution in [0.1, 0.15) is 18.1 Å². The summed E-state index contributed by atoms with van der Waals surface area (Å²) in [5.74, 6) is -0.449. The van der Waals surface area contributed by atoms with Crippen molar-refractivity contribution in [3.8, 4) is 11.8 Å². The van der Waals surface area contributed by atoms with Crippen molar-refractivity contribution in [2.24, 2.45) is 0 Å². The van der Waals surface area contributed by atoms with Gasteiger partial charge in [-0.05, 0) is 66.2 Å². The summed E-state index contributed by atoms with van der Waals surface area (Å²) in [6.45, 7) is 1.11. The second kappa shape index (κ2) is 11.2. The van der Waals surface area contributed by atoms with Crippen molar-refractivity contribution >= 4 is 33.3 Å². The summed E-state index contributed by atoms with van der Waals surface area (Å²) in [5.41, 5.74) is 2.16. The molecule has 0 unspecified atom stereocenters. The lowest BCUT2D eigenvalue weighted by atomic mass is 10.2. The zero-order valence-electron chi connectivity index (χ0n) is 19.1. The van der Waals surface area contributed by atoms with Crippen LogP contribution in [0.2, 0.25) is 0 Å². The summed E-state index contributed by atoms with van der Waals surface area (Å²) < 4.78 is 37.5. The van der Waals surface area contributed by atoms with Gasteiger partial charge in [-0.15, -0.1) is 0 Å². The normalized spacial score (nSPS) is 10.7. The van der Waals surface area contributed by atoms with Crippen LogP contribution in [0.3, 0.4) is 0 Å². The molecule has 0 atom stereocenters. The first kappa shape index (κ1) is 25.3. The summed E-state index contributed by atoms with van der Waals surface area (Å²) in [6, 6.07) is 20.8. The number of sulfonamides is 1. The van der Waals surface area contributed by atoms with Crippen LogP contribution in [-0.2, 0) is 31.0 Å². The minimum Gasteiger partial charge on any atom is -0.482 e. The fourth-order valence-electron chi connectivity index (χ4n) is 2.99. The number of rotatable bonds is 9. The summed E-state index contributed by atoms with van der Waals surface area (Å²) in [5, 5.41) is 11.4. The highest BCUT2D eigenvalue weighted by molar-refractivity contribution is 7.92. The Kier molecular flexibility index (Phi) is 8.07. The highest BCUT2D eigenvalue weighted by atomic mass is 32.2. The fourth-order valence-corrected chi connectivity index (χ4v) is 4.18. The minimum atomic E-state index is -3.83. The molecule has 0 aromatic heterocycles. The van der Waals surface area contributed by atoms with Crippen molar-refractivity contribution in [1.29, 1.82) is 5.26 Å². The van der Waals surface area contributed by atoms with E-state index in [0.29, 0.717) is 22.7 Å². The first-order valence-electron chi connectivity index (χ1n) is 10.4. The lowest BCUT2D eigenvalue weighted by molar-refractivity contribution is -0.147. The largest absolute Gasteiger partial charge is 0.482 e. The Hall–Kier alpha value is -4.36. The zero-order valence-corrected chi connectivity index (χ0v) is 19.9. The number of amides is 1. The maximum Gasteiger partial charge on any atom is 0.344 e. The predicted octanol–water partition coefficient (Wildman–Crippen LogP) is 3.46. The number of nitrogens with zero attached hydrogens (tertiary/aromatic N) is 2. The molecule has 180 valence electrons. The first-order chi connectivity index (χ1) is 16.7. The number of anilines is 2. The molecule has 3 rings (SSSR count). The van der Waals surface area contributed by atoms with Gasteiger partial charge in [0, 0.05) is 19.7 Å². The Bertz CT molecular complexity index is 1330. The van der Waals surface area contributed by atoms with Crippen molar-refractivity contribution < 1.29 is 27.5 Å². The molecule has 0 bridgehead atoms. The lowest BCUT2D eigenvalue weighted by Gasteiger charge is -2.20. The molecule has 1 amide bonds. The average molecular weight is 494 g/mol. The maximum absolute atomic E-state index is 12.9. The molecule has 0 saturated carbocycles. The first-order valence-corrected chi connectivity index (χ1v) is 11.9. The molecule has 1 N–H and O–H groups in total. The van der Waals surface area contributed by atoms with E-state index < -0.39 is 16.0 Å². The number of ether oxygens (including phenoxy) is 2. The van der Waals surface area contributed by atoms with Crippen LogP contribution < -0.4 is 14.4 Å². The third kappa shape index (κ3) is 6.82. The summed E-state index contributed by atoms with van der Waals surface area (Å²) >= 11 is 0. The molecule has 0 fully saturated rings. The molecule has 3 aromatic carbocycles. The average Bonchev–Trinajstić information content (AvgIpc) is 2.86. The number of nitrogens with one attached hydrogen (secondary N) is 1. The quantitative estimate of drug-likeness (QED) is 0.452. The second-order valence-electron chi connectivity index (χ2n) is 7.43. The van der Waals surface area contributed by atoms with Crippen LogP contribution in [0.5, 0.6) is 5.75 Å². The van der Waals surface area contributed by atoms with Gasteiger partial charge in [0.15, 0.2) is 6.61 Å². The van der Waals surface area contributed by atoms with Crippen molar-refractivity contribution in [3.05, 3.63) is 83.9 Å². The molecule has 35 heavy (non-hydrogen) atoms. The molecule has 0 radical (unpaired) electrons. The molecule has 0 spiro atoms. The van der Waals surface area contributed by atoms with Gasteiger partial charge < -0.3 is 14.8 Å². The van der Waals surface area contributed by atoms with Gasteiger partial charge in [-0.2, -0.15) is 5.26 Å². The van der Waals surface area contributed by atoms with Gasteiger partial charge in [0.2, 0.25) is 5.91 Å². The molecule has 9 nitrogen and oxygen atoms in total. The molecule has 0 aliphatic heterocycles. The van der Waals surface area contributed by atoms with Crippen molar-refractivity contribution in [2.45, 2.75) is 18.4 Å². The van der Waals surface area contributed by atoms with E-state index in [1.54, 1.807) is 48.5 Å². The molecule has 0 heterocycles. The summed E-state index contributed by atoms with van der Waals surface area (Å²) in [6.07, 6.45) is 0. The number of carbonyl (C=O) groups is 2. The van der Waals surface area contributed by atoms with Gasteiger partial charge in [0.05, 0.1) is 22.2 Å². The van der Waals surface area contributed by atoms with Crippen molar-refractivity contribution in [2.75, 3.05) is 23.3 Å². The Morgan fingerprint density at radius 2 is 1.60 bits per heavy atom. The molecular formula is C25H23N3O6S. The van der Waals surface area contributed by atoms with Gasteiger partial charge in [0.1, 0.15) is 12.4 Å². The number of esters is 1. The molecule has 10 heteroatoms. The maximum atomic E-state index is 12.9. The predicted molar refractivity (Wildman–Crippen MR) is 129 cm³/mol. The Balaban J connectivity index is 1.55. The Morgan fingerprint density at radius 3 is 2.17 bits per heavy atom.